The van der Waals surface area contributed by atoms with Gasteiger partial charge in [0, 0.05) is 31.5 Å². The van der Waals surface area contributed by atoms with E-state index in [1.165, 1.54) is 0 Å². The van der Waals surface area contributed by atoms with Crippen LogP contribution in [0.3, 0.4) is 0 Å². The highest BCUT2D eigenvalue weighted by molar-refractivity contribution is 5.99. The van der Waals surface area contributed by atoms with Gasteiger partial charge in [-0.3, -0.25) is 9.78 Å². The van der Waals surface area contributed by atoms with Gasteiger partial charge in [0.1, 0.15) is 0 Å². The summed E-state index contributed by atoms with van der Waals surface area (Å²) in [5.74, 6) is 0.0154. The molecule has 0 aliphatic carbocycles. The minimum atomic E-state index is -0.316. The lowest BCUT2D eigenvalue weighted by Gasteiger charge is -2.41. The van der Waals surface area contributed by atoms with Crippen LogP contribution in [0.4, 0.5) is 5.69 Å². The predicted octanol–water partition coefficient (Wildman–Crippen LogP) is 2.46. The highest BCUT2D eigenvalue weighted by atomic mass is 16.5. The molecule has 1 amide bonds. The van der Waals surface area contributed by atoms with E-state index in [0.717, 1.165) is 17.9 Å². The number of amides is 1. The van der Waals surface area contributed by atoms with Crippen molar-refractivity contribution in [1.29, 1.82) is 0 Å². The van der Waals surface area contributed by atoms with Crippen LogP contribution in [-0.2, 0) is 4.74 Å². The largest absolute Gasteiger partial charge is 0.385 e. The van der Waals surface area contributed by atoms with E-state index >= 15 is 0 Å². The van der Waals surface area contributed by atoms with Crippen molar-refractivity contribution in [1.82, 2.24) is 9.88 Å². The Labute approximate surface area is 126 Å². The normalized spacial score (nSPS) is 21.2. The van der Waals surface area contributed by atoms with E-state index in [1.54, 1.807) is 6.20 Å². The second-order valence-electron chi connectivity index (χ2n) is 6.28. The third-order valence-corrected chi connectivity index (χ3v) is 3.49. The van der Waals surface area contributed by atoms with Crippen LogP contribution in [0.25, 0.3) is 0 Å². The van der Waals surface area contributed by atoms with Gasteiger partial charge in [0.05, 0.1) is 23.0 Å². The average molecular weight is 291 g/mol. The SMILES string of the molecule is CCNc1cc(C)ncc1C(=O)N1CC(C)OC(C)(C)C1. The fraction of sp³-hybridized carbons (Fsp3) is 0.625. The lowest BCUT2D eigenvalue weighted by molar-refractivity contribution is -0.118. The van der Waals surface area contributed by atoms with Crippen molar-refractivity contribution in [3.05, 3.63) is 23.5 Å². The van der Waals surface area contributed by atoms with E-state index in [1.807, 2.05) is 45.6 Å². The van der Waals surface area contributed by atoms with Gasteiger partial charge in [-0.15, -0.1) is 0 Å². The Morgan fingerprint density at radius 1 is 1.57 bits per heavy atom. The summed E-state index contributed by atoms with van der Waals surface area (Å²) in [6, 6.07) is 1.92. The third-order valence-electron chi connectivity index (χ3n) is 3.49. The molecule has 1 N–H and O–H groups in total. The van der Waals surface area contributed by atoms with E-state index < -0.39 is 0 Å². The van der Waals surface area contributed by atoms with Crippen molar-refractivity contribution in [2.24, 2.45) is 0 Å². The van der Waals surface area contributed by atoms with Crippen molar-refractivity contribution in [2.75, 3.05) is 25.0 Å². The number of nitrogens with one attached hydrogen (secondary N) is 1. The van der Waals surface area contributed by atoms with E-state index in [2.05, 4.69) is 10.3 Å². The number of rotatable bonds is 3. The van der Waals surface area contributed by atoms with Gasteiger partial charge in [-0.05, 0) is 40.7 Å². The summed E-state index contributed by atoms with van der Waals surface area (Å²) < 4.78 is 5.86. The Morgan fingerprint density at radius 3 is 2.90 bits per heavy atom. The average Bonchev–Trinajstić information content (AvgIpc) is 2.36. The van der Waals surface area contributed by atoms with Gasteiger partial charge in [0.2, 0.25) is 0 Å². The number of morpholine rings is 1. The van der Waals surface area contributed by atoms with Crippen molar-refractivity contribution < 1.29 is 9.53 Å². The Kier molecular flexibility index (Phi) is 4.52. The van der Waals surface area contributed by atoms with Crippen molar-refractivity contribution in [2.45, 2.75) is 46.3 Å². The summed E-state index contributed by atoms with van der Waals surface area (Å²) in [4.78, 5) is 19.0. The maximum absolute atomic E-state index is 12.8. The number of aryl methyl sites for hydroxylation is 1. The van der Waals surface area contributed by atoms with E-state index in [9.17, 15) is 4.79 Å². The van der Waals surface area contributed by atoms with Crippen LogP contribution in [0.1, 0.15) is 43.7 Å². The number of carbonyl (C=O) groups excluding carboxylic acids is 1. The maximum atomic E-state index is 12.8. The molecule has 0 saturated carbocycles. The molecule has 0 radical (unpaired) electrons. The molecule has 5 nitrogen and oxygen atoms in total. The third kappa shape index (κ3) is 3.73. The van der Waals surface area contributed by atoms with Crippen LogP contribution in [-0.4, -0.2) is 47.1 Å². The molecule has 1 atom stereocenters. The van der Waals surface area contributed by atoms with Crippen LogP contribution < -0.4 is 5.32 Å². The van der Waals surface area contributed by atoms with Crippen molar-refractivity contribution in [3.8, 4) is 0 Å². The zero-order valence-electron chi connectivity index (χ0n) is 13.6. The molecule has 1 aliphatic heterocycles. The molecule has 1 saturated heterocycles. The molecule has 0 spiro atoms. The van der Waals surface area contributed by atoms with Crippen LogP contribution in [0.2, 0.25) is 0 Å². The number of hydrogen-bond donors (Lipinski definition) is 1. The molecule has 2 heterocycles. The van der Waals surface area contributed by atoms with Gasteiger partial charge < -0.3 is 15.0 Å². The van der Waals surface area contributed by atoms with Crippen LogP contribution in [0.15, 0.2) is 12.3 Å². The highest BCUT2D eigenvalue weighted by Gasteiger charge is 2.34. The molecule has 0 bridgehead atoms. The maximum Gasteiger partial charge on any atom is 0.257 e. The van der Waals surface area contributed by atoms with Gasteiger partial charge in [-0.25, -0.2) is 0 Å². The summed E-state index contributed by atoms with van der Waals surface area (Å²) in [6.07, 6.45) is 1.71. The monoisotopic (exact) mass is 291 g/mol. The summed E-state index contributed by atoms with van der Waals surface area (Å²) in [5, 5.41) is 3.25. The van der Waals surface area contributed by atoms with Crippen LogP contribution >= 0.6 is 0 Å². The van der Waals surface area contributed by atoms with Crippen LogP contribution in [0, 0.1) is 6.92 Å². The topological polar surface area (TPSA) is 54.5 Å². The second-order valence-corrected chi connectivity index (χ2v) is 6.28. The summed E-state index contributed by atoms with van der Waals surface area (Å²) in [6.45, 7) is 12.0. The van der Waals surface area contributed by atoms with Crippen LogP contribution in [0.5, 0.6) is 0 Å². The first-order valence-corrected chi connectivity index (χ1v) is 7.50. The number of hydrogen-bond acceptors (Lipinski definition) is 4. The number of pyridine rings is 1. The molecule has 2 rings (SSSR count). The summed E-state index contributed by atoms with van der Waals surface area (Å²) >= 11 is 0. The van der Waals surface area contributed by atoms with Gasteiger partial charge in [0.15, 0.2) is 0 Å². The van der Waals surface area contributed by atoms with Gasteiger partial charge in [0.25, 0.3) is 5.91 Å². The first kappa shape index (κ1) is 15.8. The molecule has 1 aliphatic rings. The van der Waals surface area contributed by atoms with Crippen molar-refractivity contribution >= 4 is 11.6 Å². The van der Waals surface area contributed by atoms with E-state index in [-0.39, 0.29) is 17.6 Å². The van der Waals surface area contributed by atoms with E-state index in [0.29, 0.717) is 18.7 Å². The molecule has 1 aromatic rings. The molecule has 0 aromatic carbocycles. The fourth-order valence-electron chi connectivity index (χ4n) is 2.85. The molecule has 1 unspecified atom stereocenters. The standard InChI is InChI=1S/C16H25N3O2/c1-6-17-14-7-11(2)18-8-13(14)15(20)19-9-12(3)21-16(4,5)10-19/h7-8,12H,6,9-10H2,1-5H3,(H,17,18). The minimum Gasteiger partial charge on any atom is -0.385 e. The number of nitrogens with zero attached hydrogens (tertiary/aromatic N) is 2. The lowest BCUT2D eigenvalue weighted by atomic mass is 10.0. The highest BCUT2D eigenvalue weighted by Crippen LogP contribution is 2.24. The Hall–Kier alpha value is -1.62. The molecule has 1 fully saturated rings. The Bertz CT molecular complexity index is 528. The first-order valence-electron chi connectivity index (χ1n) is 7.50. The number of anilines is 1. The second kappa shape index (κ2) is 6.02. The zero-order valence-corrected chi connectivity index (χ0v) is 13.6. The smallest absolute Gasteiger partial charge is 0.257 e. The number of aromatic nitrogens is 1. The number of carbonyl (C=O) groups is 1. The molecule has 5 heteroatoms. The zero-order chi connectivity index (χ0) is 15.6. The van der Waals surface area contributed by atoms with E-state index in [4.69, 9.17) is 4.74 Å². The van der Waals surface area contributed by atoms with Gasteiger partial charge in [-0.1, -0.05) is 0 Å². The first-order chi connectivity index (χ1) is 9.82. The van der Waals surface area contributed by atoms with Crippen molar-refractivity contribution in [3.63, 3.8) is 0 Å². The predicted molar refractivity (Wildman–Crippen MR) is 83.7 cm³/mol. The fourth-order valence-corrected chi connectivity index (χ4v) is 2.85. The molecule has 1 aromatic heterocycles. The minimum absolute atomic E-state index is 0.0154. The van der Waals surface area contributed by atoms with Gasteiger partial charge >= 0.3 is 0 Å². The number of ether oxygens (including phenoxy) is 1. The van der Waals surface area contributed by atoms with Gasteiger partial charge in [-0.2, -0.15) is 0 Å². The lowest BCUT2D eigenvalue weighted by Crippen LogP contribution is -2.53. The summed E-state index contributed by atoms with van der Waals surface area (Å²) in [5.41, 5.74) is 2.07. The molecule has 116 valence electrons. The quantitative estimate of drug-likeness (QED) is 0.929. The molecular formula is C16H25N3O2. The summed E-state index contributed by atoms with van der Waals surface area (Å²) in [7, 11) is 0. The molecular weight excluding hydrogens is 266 g/mol. The Balaban J connectivity index is 2.27. The molecule has 21 heavy (non-hydrogen) atoms. The Morgan fingerprint density at radius 2 is 2.29 bits per heavy atom.